The molecule has 0 bridgehead atoms. The first-order chi connectivity index (χ1) is 39.0. The van der Waals surface area contributed by atoms with Crippen molar-refractivity contribution in [3.8, 4) is 0 Å². The second-order valence-electron chi connectivity index (χ2n) is 25.2. The largest absolute Gasteiger partial charge is 0.462 e. The maximum Gasteiger partial charge on any atom is 0.306 e. The first kappa shape index (κ1) is 77.4. The van der Waals surface area contributed by atoms with E-state index in [2.05, 4.69) is 20.8 Å². The minimum absolute atomic E-state index is 0.0602. The van der Waals surface area contributed by atoms with Gasteiger partial charge < -0.3 is 14.2 Å². The predicted molar refractivity (Wildman–Crippen MR) is 344 cm³/mol. The highest BCUT2D eigenvalue weighted by Crippen LogP contribution is 2.20. The molecule has 0 radical (unpaired) electrons. The van der Waals surface area contributed by atoms with Crippen LogP contribution in [0.1, 0.15) is 432 Å². The zero-order valence-electron chi connectivity index (χ0n) is 54.2. The Morgan fingerprint density at radius 3 is 0.506 bits per heavy atom. The van der Waals surface area contributed by atoms with E-state index in [0.29, 0.717) is 19.3 Å². The van der Waals surface area contributed by atoms with Crippen molar-refractivity contribution >= 4 is 17.9 Å². The van der Waals surface area contributed by atoms with Crippen molar-refractivity contribution in [2.75, 3.05) is 13.2 Å². The van der Waals surface area contributed by atoms with Gasteiger partial charge in [0.2, 0.25) is 0 Å². The third kappa shape index (κ3) is 67.1. The van der Waals surface area contributed by atoms with Gasteiger partial charge in [0, 0.05) is 19.3 Å². The van der Waals surface area contributed by atoms with Gasteiger partial charge in [-0.15, -0.1) is 0 Å². The predicted octanol–water partition coefficient (Wildman–Crippen LogP) is 25.0. The third-order valence-electron chi connectivity index (χ3n) is 17.1. The van der Waals surface area contributed by atoms with E-state index < -0.39 is 6.10 Å². The van der Waals surface area contributed by atoms with Crippen molar-refractivity contribution in [1.82, 2.24) is 0 Å². The lowest BCUT2D eigenvalue weighted by molar-refractivity contribution is -0.167. The smallest absolute Gasteiger partial charge is 0.306 e. The molecule has 0 aliphatic heterocycles. The van der Waals surface area contributed by atoms with Gasteiger partial charge >= 0.3 is 17.9 Å². The standard InChI is InChI=1S/C73H142O6/c1-4-7-10-13-16-19-22-25-28-30-31-32-33-34-35-36-37-38-39-40-41-42-43-46-48-51-54-57-60-63-66-72(75)78-69-70(68-77-71(74)65-62-59-56-53-50-47-44-27-24-21-18-15-12-9-6-3)79-73(76)67-64-61-58-55-52-49-45-29-26-23-20-17-14-11-8-5-2/h70H,4-69H2,1-3H3. The average molecular weight is 1120 g/mol. The summed E-state index contributed by atoms with van der Waals surface area (Å²) in [6, 6.07) is 0. The number of hydrogen-bond acceptors (Lipinski definition) is 6. The van der Waals surface area contributed by atoms with Crippen LogP contribution in [-0.2, 0) is 28.6 Å². The summed E-state index contributed by atoms with van der Waals surface area (Å²) in [7, 11) is 0. The van der Waals surface area contributed by atoms with Gasteiger partial charge in [-0.1, -0.05) is 393 Å². The van der Waals surface area contributed by atoms with Gasteiger partial charge in [0.15, 0.2) is 6.10 Å². The van der Waals surface area contributed by atoms with E-state index in [9.17, 15) is 14.4 Å². The van der Waals surface area contributed by atoms with Gasteiger partial charge in [-0.3, -0.25) is 14.4 Å². The summed E-state index contributed by atoms with van der Waals surface area (Å²) in [6.07, 6.45) is 81.5. The van der Waals surface area contributed by atoms with Gasteiger partial charge in [0.05, 0.1) is 0 Å². The highest BCUT2D eigenvalue weighted by atomic mass is 16.6. The summed E-state index contributed by atoms with van der Waals surface area (Å²) in [4.78, 5) is 38.4. The Morgan fingerprint density at radius 2 is 0.342 bits per heavy atom. The molecule has 0 spiro atoms. The fourth-order valence-corrected chi connectivity index (χ4v) is 11.6. The van der Waals surface area contributed by atoms with E-state index in [4.69, 9.17) is 14.2 Å². The van der Waals surface area contributed by atoms with E-state index in [1.165, 1.54) is 334 Å². The highest BCUT2D eigenvalue weighted by molar-refractivity contribution is 5.71. The van der Waals surface area contributed by atoms with Crippen molar-refractivity contribution in [2.45, 2.75) is 438 Å². The Morgan fingerprint density at radius 1 is 0.203 bits per heavy atom. The van der Waals surface area contributed by atoms with Crippen LogP contribution in [0.3, 0.4) is 0 Å². The van der Waals surface area contributed by atoms with Crippen LogP contribution in [-0.4, -0.2) is 37.2 Å². The van der Waals surface area contributed by atoms with E-state index in [1.54, 1.807) is 0 Å². The normalized spacial score (nSPS) is 11.9. The van der Waals surface area contributed by atoms with Crippen LogP contribution in [0.5, 0.6) is 0 Å². The van der Waals surface area contributed by atoms with E-state index in [1.807, 2.05) is 0 Å². The SMILES string of the molecule is CCCCCCCCCCCCCCCCCCCCCCCCCCCCCCCCC(=O)OCC(COC(=O)CCCCCCCCCCCCCCCCC)OC(=O)CCCCCCCCCCCCCCCCCC. The summed E-state index contributed by atoms with van der Waals surface area (Å²) in [5.41, 5.74) is 0. The Balaban J connectivity index is 4.12. The number of hydrogen-bond donors (Lipinski definition) is 0. The molecular weight excluding hydrogens is 973 g/mol. The fourth-order valence-electron chi connectivity index (χ4n) is 11.6. The molecule has 470 valence electrons. The lowest BCUT2D eigenvalue weighted by Crippen LogP contribution is -2.30. The van der Waals surface area contributed by atoms with Crippen LogP contribution >= 0.6 is 0 Å². The monoisotopic (exact) mass is 1120 g/mol. The molecule has 0 saturated carbocycles. The van der Waals surface area contributed by atoms with Crippen LogP contribution in [0.15, 0.2) is 0 Å². The average Bonchev–Trinajstić information content (AvgIpc) is 3.45. The fraction of sp³-hybridized carbons (Fsp3) is 0.959. The molecule has 0 heterocycles. The summed E-state index contributed by atoms with van der Waals surface area (Å²) < 4.78 is 17.0. The maximum atomic E-state index is 12.9. The lowest BCUT2D eigenvalue weighted by atomic mass is 10.0. The lowest BCUT2D eigenvalue weighted by Gasteiger charge is -2.18. The van der Waals surface area contributed by atoms with Crippen LogP contribution < -0.4 is 0 Å². The zero-order chi connectivity index (χ0) is 57.1. The molecule has 0 aliphatic carbocycles. The first-order valence-corrected chi connectivity index (χ1v) is 36.5. The van der Waals surface area contributed by atoms with Crippen molar-refractivity contribution in [3.05, 3.63) is 0 Å². The van der Waals surface area contributed by atoms with Crippen LogP contribution in [0.4, 0.5) is 0 Å². The highest BCUT2D eigenvalue weighted by Gasteiger charge is 2.20. The number of carbonyl (C=O) groups excluding carboxylic acids is 3. The molecule has 0 aromatic carbocycles. The van der Waals surface area contributed by atoms with Crippen molar-refractivity contribution in [1.29, 1.82) is 0 Å². The topological polar surface area (TPSA) is 78.9 Å². The first-order valence-electron chi connectivity index (χ1n) is 36.5. The van der Waals surface area contributed by atoms with E-state index in [0.717, 1.165) is 57.8 Å². The van der Waals surface area contributed by atoms with Gasteiger partial charge in [-0.25, -0.2) is 0 Å². The molecule has 0 N–H and O–H groups in total. The van der Waals surface area contributed by atoms with Crippen molar-refractivity contribution in [3.63, 3.8) is 0 Å². The number of esters is 3. The third-order valence-corrected chi connectivity index (χ3v) is 17.1. The second-order valence-corrected chi connectivity index (χ2v) is 25.2. The summed E-state index contributed by atoms with van der Waals surface area (Å²) in [5, 5.41) is 0. The zero-order valence-corrected chi connectivity index (χ0v) is 54.2. The van der Waals surface area contributed by atoms with Gasteiger partial charge in [-0.05, 0) is 19.3 Å². The number of rotatable bonds is 69. The summed E-state index contributed by atoms with van der Waals surface area (Å²) >= 11 is 0. The van der Waals surface area contributed by atoms with E-state index >= 15 is 0 Å². The second kappa shape index (κ2) is 68.9. The molecule has 1 atom stereocenters. The molecule has 79 heavy (non-hydrogen) atoms. The molecular formula is C73H142O6. The molecule has 0 fully saturated rings. The Hall–Kier alpha value is -1.59. The van der Waals surface area contributed by atoms with Crippen LogP contribution in [0.25, 0.3) is 0 Å². The minimum Gasteiger partial charge on any atom is -0.462 e. The minimum atomic E-state index is -0.763. The summed E-state index contributed by atoms with van der Waals surface area (Å²) in [5.74, 6) is -0.819. The molecule has 0 saturated heterocycles. The van der Waals surface area contributed by atoms with Gasteiger partial charge in [-0.2, -0.15) is 0 Å². The molecule has 1 unspecified atom stereocenters. The van der Waals surface area contributed by atoms with E-state index in [-0.39, 0.29) is 31.1 Å². The maximum absolute atomic E-state index is 12.9. The molecule has 6 nitrogen and oxygen atoms in total. The van der Waals surface area contributed by atoms with Crippen LogP contribution in [0.2, 0.25) is 0 Å². The summed E-state index contributed by atoms with van der Waals surface area (Å²) in [6.45, 7) is 6.74. The van der Waals surface area contributed by atoms with Crippen LogP contribution in [0, 0.1) is 0 Å². The molecule has 0 aromatic rings. The molecule has 6 heteroatoms. The Bertz CT molecular complexity index is 1190. The Labute approximate surface area is 495 Å². The number of unbranched alkanes of at least 4 members (excludes halogenated alkanes) is 58. The van der Waals surface area contributed by atoms with Crippen molar-refractivity contribution in [2.24, 2.45) is 0 Å². The van der Waals surface area contributed by atoms with Crippen molar-refractivity contribution < 1.29 is 28.6 Å². The number of ether oxygens (including phenoxy) is 3. The van der Waals surface area contributed by atoms with Gasteiger partial charge in [0.1, 0.15) is 13.2 Å². The van der Waals surface area contributed by atoms with Gasteiger partial charge in [0.25, 0.3) is 0 Å². The molecule has 0 aromatic heterocycles. The Kier molecular flexibility index (Phi) is 67.5. The quantitative estimate of drug-likeness (QED) is 0.0343. The molecule has 0 amide bonds. The number of carbonyl (C=O) groups is 3. The molecule has 0 rings (SSSR count). The molecule has 0 aliphatic rings.